The molecule has 1 aliphatic rings. The second-order valence-corrected chi connectivity index (χ2v) is 4.31. The maximum atomic E-state index is 12.0. The molecular weight excluding hydrogens is 240 g/mol. The van der Waals surface area contributed by atoms with Crippen molar-refractivity contribution in [3.05, 3.63) is 0 Å². The smallest absolute Gasteiger partial charge is 0.224 e. The lowest BCUT2D eigenvalue weighted by atomic mass is 10.1. The molecule has 1 rings (SSSR count). The highest BCUT2D eigenvalue weighted by atomic mass is 35.5. The molecule has 0 spiro atoms. The van der Waals surface area contributed by atoms with Gasteiger partial charge in [-0.05, 0) is 12.8 Å². The van der Waals surface area contributed by atoms with Gasteiger partial charge in [-0.25, -0.2) is 0 Å². The van der Waals surface area contributed by atoms with Crippen LogP contribution in [-0.4, -0.2) is 49.7 Å². The quantitative estimate of drug-likeness (QED) is 0.789. The van der Waals surface area contributed by atoms with Gasteiger partial charge in [0, 0.05) is 32.1 Å². The molecule has 0 saturated carbocycles. The van der Waals surface area contributed by atoms with Crippen molar-refractivity contribution >= 4 is 18.3 Å². The summed E-state index contributed by atoms with van der Waals surface area (Å²) in [4.78, 5) is 14.0. The Bertz CT molecular complexity index is 203. The fourth-order valence-electron chi connectivity index (χ4n) is 1.99. The highest BCUT2D eigenvalue weighted by molar-refractivity contribution is 5.85. The molecule has 5 heteroatoms. The second kappa shape index (κ2) is 9.68. The Hall–Kier alpha value is -0.320. The van der Waals surface area contributed by atoms with E-state index in [4.69, 9.17) is 4.74 Å². The van der Waals surface area contributed by atoms with Crippen LogP contribution >= 0.6 is 12.4 Å². The first-order valence-corrected chi connectivity index (χ1v) is 6.36. The van der Waals surface area contributed by atoms with Gasteiger partial charge in [0.1, 0.15) is 0 Å². The van der Waals surface area contributed by atoms with Crippen molar-refractivity contribution in [2.75, 3.05) is 32.8 Å². The number of carbonyl (C=O) groups is 1. The summed E-state index contributed by atoms with van der Waals surface area (Å²) in [5.41, 5.74) is 0. The molecule has 1 aliphatic heterocycles. The zero-order valence-corrected chi connectivity index (χ0v) is 11.7. The maximum Gasteiger partial charge on any atom is 0.224 e. The number of hydrogen-bond donors (Lipinski definition) is 1. The minimum atomic E-state index is 0. The van der Waals surface area contributed by atoms with Crippen molar-refractivity contribution in [3.63, 3.8) is 0 Å². The van der Waals surface area contributed by atoms with E-state index in [1.165, 1.54) is 0 Å². The highest BCUT2D eigenvalue weighted by Crippen LogP contribution is 2.04. The van der Waals surface area contributed by atoms with E-state index in [9.17, 15) is 4.79 Å². The van der Waals surface area contributed by atoms with Crippen LogP contribution in [0.5, 0.6) is 0 Å². The van der Waals surface area contributed by atoms with E-state index in [0.717, 1.165) is 39.1 Å². The molecule has 1 atom stereocenters. The molecule has 1 amide bonds. The molecule has 17 heavy (non-hydrogen) atoms. The Labute approximate surface area is 110 Å². The second-order valence-electron chi connectivity index (χ2n) is 4.31. The largest absolute Gasteiger partial charge is 0.378 e. The Morgan fingerprint density at radius 1 is 1.35 bits per heavy atom. The Balaban J connectivity index is 0.00000256. The number of hydrogen-bond acceptors (Lipinski definition) is 3. The molecule has 1 N–H and O–H groups in total. The number of rotatable bonds is 6. The minimum absolute atomic E-state index is 0. The van der Waals surface area contributed by atoms with Crippen LogP contribution in [-0.2, 0) is 9.53 Å². The minimum Gasteiger partial charge on any atom is -0.378 e. The molecule has 1 saturated heterocycles. The van der Waals surface area contributed by atoms with Gasteiger partial charge in [-0.1, -0.05) is 13.8 Å². The van der Waals surface area contributed by atoms with Gasteiger partial charge in [-0.3, -0.25) is 4.79 Å². The number of halogens is 1. The van der Waals surface area contributed by atoms with Crippen molar-refractivity contribution in [2.45, 2.75) is 39.2 Å². The zero-order chi connectivity index (χ0) is 11.8. The van der Waals surface area contributed by atoms with Gasteiger partial charge in [0.2, 0.25) is 5.91 Å². The molecule has 0 radical (unpaired) electrons. The number of nitrogens with one attached hydrogen (secondary N) is 1. The normalized spacial score (nSPS) is 19.5. The van der Waals surface area contributed by atoms with E-state index in [0.29, 0.717) is 13.0 Å². The summed E-state index contributed by atoms with van der Waals surface area (Å²) in [7, 11) is 0. The average molecular weight is 265 g/mol. The number of carbonyl (C=O) groups excluding carboxylic acids is 1. The van der Waals surface area contributed by atoms with Gasteiger partial charge in [-0.15, -0.1) is 12.4 Å². The van der Waals surface area contributed by atoms with Crippen LogP contribution < -0.4 is 5.32 Å². The van der Waals surface area contributed by atoms with E-state index in [1.807, 2.05) is 4.90 Å². The Kier molecular flexibility index (Phi) is 9.50. The third-order valence-corrected chi connectivity index (χ3v) is 2.76. The predicted octanol–water partition coefficient (Wildman–Crippen LogP) is 1.44. The van der Waals surface area contributed by atoms with Gasteiger partial charge in [-0.2, -0.15) is 0 Å². The first kappa shape index (κ1) is 16.7. The van der Waals surface area contributed by atoms with E-state index in [1.54, 1.807) is 0 Å². The van der Waals surface area contributed by atoms with Gasteiger partial charge in [0.25, 0.3) is 0 Å². The molecule has 1 unspecified atom stereocenters. The van der Waals surface area contributed by atoms with Crippen LogP contribution in [0.1, 0.15) is 33.1 Å². The number of ether oxygens (including phenoxy) is 1. The standard InChI is InChI=1S/C12H24N2O2.ClH/c1-3-6-14(7-4-2)12(15)9-11-10-16-8-5-13-11;/h11,13H,3-10H2,1-2H3;1H. The van der Waals surface area contributed by atoms with Crippen LogP contribution in [0.2, 0.25) is 0 Å². The summed E-state index contributed by atoms with van der Waals surface area (Å²) in [5.74, 6) is 0.256. The van der Waals surface area contributed by atoms with Crippen molar-refractivity contribution in [1.29, 1.82) is 0 Å². The number of morpholine rings is 1. The van der Waals surface area contributed by atoms with Gasteiger partial charge in [0.15, 0.2) is 0 Å². The van der Waals surface area contributed by atoms with Crippen molar-refractivity contribution in [2.24, 2.45) is 0 Å². The SMILES string of the molecule is CCCN(CCC)C(=O)CC1COCCN1.Cl. The van der Waals surface area contributed by atoms with Gasteiger partial charge < -0.3 is 15.0 Å². The topological polar surface area (TPSA) is 41.6 Å². The molecule has 4 nitrogen and oxygen atoms in total. The summed E-state index contributed by atoms with van der Waals surface area (Å²) in [5, 5.41) is 3.32. The third kappa shape index (κ3) is 6.24. The fourth-order valence-corrected chi connectivity index (χ4v) is 1.99. The van der Waals surface area contributed by atoms with E-state index < -0.39 is 0 Å². The average Bonchev–Trinajstić information content (AvgIpc) is 2.30. The summed E-state index contributed by atoms with van der Waals surface area (Å²) in [6.45, 7) is 8.26. The van der Waals surface area contributed by atoms with Crippen LogP contribution in [0.3, 0.4) is 0 Å². The fraction of sp³-hybridized carbons (Fsp3) is 0.917. The molecular formula is C12H25ClN2O2. The lowest BCUT2D eigenvalue weighted by Crippen LogP contribution is -2.45. The summed E-state index contributed by atoms with van der Waals surface area (Å²) >= 11 is 0. The summed E-state index contributed by atoms with van der Waals surface area (Å²) in [6, 6.07) is 0.206. The molecule has 0 aromatic heterocycles. The molecule has 0 aromatic rings. The van der Waals surface area contributed by atoms with Gasteiger partial charge in [0.05, 0.1) is 13.2 Å². The monoisotopic (exact) mass is 264 g/mol. The first-order chi connectivity index (χ1) is 7.77. The van der Waals surface area contributed by atoms with E-state index >= 15 is 0 Å². The van der Waals surface area contributed by atoms with E-state index in [2.05, 4.69) is 19.2 Å². The molecule has 102 valence electrons. The molecule has 0 aromatic carbocycles. The first-order valence-electron chi connectivity index (χ1n) is 6.36. The Morgan fingerprint density at radius 3 is 2.47 bits per heavy atom. The number of nitrogens with zero attached hydrogens (tertiary/aromatic N) is 1. The zero-order valence-electron chi connectivity index (χ0n) is 10.9. The summed E-state index contributed by atoms with van der Waals surface area (Å²) < 4.78 is 5.35. The predicted molar refractivity (Wildman–Crippen MR) is 71.6 cm³/mol. The van der Waals surface area contributed by atoms with Crippen molar-refractivity contribution < 1.29 is 9.53 Å². The molecule has 0 bridgehead atoms. The van der Waals surface area contributed by atoms with Crippen LogP contribution in [0, 0.1) is 0 Å². The van der Waals surface area contributed by atoms with Crippen molar-refractivity contribution in [3.8, 4) is 0 Å². The van der Waals surface area contributed by atoms with Crippen molar-refractivity contribution in [1.82, 2.24) is 10.2 Å². The number of amides is 1. The molecule has 1 fully saturated rings. The van der Waals surface area contributed by atoms with E-state index in [-0.39, 0.29) is 24.4 Å². The Morgan fingerprint density at radius 2 is 2.00 bits per heavy atom. The van der Waals surface area contributed by atoms with Gasteiger partial charge >= 0.3 is 0 Å². The lowest BCUT2D eigenvalue weighted by Gasteiger charge is -2.27. The van der Waals surface area contributed by atoms with Crippen LogP contribution in [0.15, 0.2) is 0 Å². The summed E-state index contributed by atoms with van der Waals surface area (Å²) in [6.07, 6.45) is 2.63. The molecule has 0 aliphatic carbocycles. The highest BCUT2D eigenvalue weighted by Gasteiger charge is 2.20. The lowest BCUT2D eigenvalue weighted by molar-refractivity contribution is -0.132. The van der Waals surface area contributed by atoms with Crippen LogP contribution in [0.4, 0.5) is 0 Å². The molecule has 1 heterocycles. The van der Waals surface area contributed by atoms with Crippen LogP contribution in [0.25, 0.3) is 0 Å². The third-order valence-electron chi connectivity index (χ3n) is 2.76. The maximum absolute atomic E-state index is 12.0.